The number of carbonyl (C=O) groups is 1. The number of nitrogens with zero attached hydrogens (tertiary/aromatic N) is 2. The van der Waals surface area contributed by atoms with Gasteiger partial charge in [-0.05, 0) is 61.7 Å². The molecule has 1 aliphatic heterocycles. The fourth-order valence-corrected chi connectivity index (χ4v) is 5.09. The molecule has 10 heteroatoms. The van der Waals surface area contributed by atoms with Crippen molar-refractivity contribution >= 4 is 15.9 Å². The topological polar surface area (TPSA) is 111 Å². The highest BCUT2D eigenvalue weighted by atomic mass is 32.2. The summed E-state index contributed by atoms with van der Waals surface area (Å²) in [6, 6.07) is 13.4. The number of pyridine rings is 1. The third-order valence-electron chi connectivity index (χ3n) is 5.51. The summed E-state index contributed by atoms with van der Waals surface area (Å²) < 4.78 is 43.8. The second-order valence-electron chi connectivity index (χ2n) is 8.16. The molecule has 0 unspecified atom stereocenters. The van der Waals surface area contributed by atoms with Gasteiger partial charge in [0, 0.05) is 31.4 Å². The van der Waals surface area contributed by atoms with Gasteiger partial charge in [-0.1, -0.05) is 19.4 Å². The van der Waals surface area contributed by atoms with Gasteiger partial charge in [0.1, 0.15) is 11.5 Å². The first kappa shape index (κ1) is 24.7. The Morgan fingerprint density at radius 2 is 1.80 bits per heavy atom. The van der Waals surface area contributed by atoms with Crippen LogP contribution in [0.25, 0.3) is 0 Å². The number of hydrogen-bond donors (Lipinski definition) is 1. The number of aromatic nitrogens is 1. The molecule has 9 nitrogen and oxygen atoms in total. The zero-order chi connectivity index (χ0) is 24.7. The number of benzene rings is 1. The van der Waals surface area contributed by atoms with Gasteiger partial charge in [0.05, 0.1) is 6.61 Å². The Morgan fingerprint density at radius 1 is 1.06 bits per heavy atom. The molecular weight excluding hydrogens is 470 g/mol. The molecule has 0 radical (unpaired) electrons. The molecule has 0 spiro atoms. The third-order valence-corrected chi connectivity index (χ3v) is 7.29. The molecule has 186 valence electrons. The van der Waals surface area contributed by atoms with Crippen molar-refractivity contribution in [2.45, 2.75) is 44.2 Å². The lowest BCUT2D eigenvalue weighted by Gasteiger charge is -2.24. The molecule has 1 amide bonds. The molecule has 0 bridgehead atoms. The van der Waals surface area contributed by atoms with E-state index in [0.29, 0.717) is 36.9 Å². The number of amides is 1. The summed E-state index contributed by atoms with van der Waals surface area (Å²) in [7, 11) is -3.74. The van der Waals surface area contributed by atoms with E-state index >= 15 is 0 Å². The quantitative estimate of drug-likeness (QED) is 0.441. The predicted octanol–water partition coefficient (Wildman–Crippen LogP) is 4.36. The Labute approximate surface area is 205 Å². The summed E-state index contributed by atoms with van der Waals surface area (Å²) in [6.45, 7) is 3.73. The average Bonchev–Trinajstić information content (AvgIpc) is 3.40. The highest BCUT2D eigenvalue weighted by Gasteiger charge is 2.29. The number of carbonyl (C=O) groups excluding carboxylic acids is 1. The second-order valence-corrected chi connectivity index (χ2v) is 10.0. The van der Waals surface area contributed by atoms with E-state index in [4.69, 9.17) is 13.9 Å². The lowest BCUT2D eigenvalue weighted by atomic mass is 10.2. The molecule has 1 saturated heterocycles. The summed E-state index contributed by atoms with van der Waals surface area (Å²) in [5.74, 6) is 1.08. The van der Waals surface area contributed by atoms with Crippen LogP contribution in [0.15, 0.2) is 64.2 Å². The fraction of sp³-hybridized carbons (Fsp3) is 0.360. The maximum absolute atomic E-state index is 12.8. The maximum Gasteiger partial charge on any atom is 0.287 e. The minimum absolute atomic E-state index is 0.0744. The largest absolute Gasteiger partial charge is 0.494 e. The molecule has 2 aromatic heterocycles. The molecule has 3 aromatic rings. The molecule has 1 fully saturated rings. The van der Waals surface area contributed by atoms with Crippen molar-refractivity contribution in [1.29, 1.82) is 0 Å². The van der Waals surface area contributed by atoms with E-state index < -0.39 is 15.9 Å². The molecule has 0 aliphatic carbocycles. The van der Waals surface area contributed by atoms with E-state index in [1.165, 1.54) is 16.4 Å². The monoisotopic (exact) mass is 499 g/mol. The van der Waals surface area contributed by atoms with Gasteiger partial charge in [0.15, 0.2) is 5.76 Å². The van der Waals surface area contributed by atoms with Crippen LogP contribution in [-0.2, 0) is 16.6 Å². The number of ether oxygens (including phenoxy) is 2. The zero-order valence-corrected chi connectivity index (χ0v) is 20.4. The summed E-state index contributed by atoms with van der Waals surface area (Å²) in [5.41, 5.74) is 0.653. The number of nitrogens with one attached hydrogen (secondary N) is 1. The smallest absolute Gasteiger partial charge is 0.287 e. The van der Waals surface area contributed by atoms with Gasteiger partial charge >= 0.3 is 0 Å². The normalized spacial score (nSPS) is 14.4. The predicted molar refractivity (Wildman–Crippen MR) is 129 cm³/mol. The molecule has 1 N–H and O–H groups in total. The van der Waals surface area contributed by atoms with Gasteiger partial charge in [-0.25, -0.2) is 13.4 Å². The fourth-order valence-electron chi connectivity index (χ4n) is 3.66. The molecule has 4 rings (SSSR count). The van der Waals surface area contributed by atoms with Gasteiger partial charge in [-0.2, -0.15) is 4.31 Å². The van der Waals surface area contributed by atoms with Gasteiger partial charge in [0.25, 0.3) is 15.9 Å². The van der Waals surface area contributed by atoms with Crippen LogP contribution in [0.2, 0.25) is 0 Å². The first-order valence-corrected chi connectivity index (χ1v) is 13.1. The number of sulfonamides is 1. The van der Waals surface area contributed by atoms with Crippen LogP contribution in [0, 0.1) is 0 Å². The summed E-state index contributed by atoms with van der Waals surface area (Å²) in [5, 5.41) is 2.52. The van der Waals surface area contributed by atoms with Crippen LogP contribution in [0.1, 0.15) is 48.7 Å². The molecule has 35 heavy (non-hydrogen) atoms. The van der Waals surface area contributed by atoms with Gasteiger partial charge in [-0.15, -0.1) is 0 Å². The van der Waals surface area contributed by atoms with Crippen LogP contribution < -0.4 is 14.8 Å². The minimum Gasteiger partial charge on any atom is -0.494 e. The molecule has 0 saturated carbocycles. The van der Waals surface area contributed by atoms with Crippen molar-refractivity contribution in [2.24, 2.45) is 0 Å². The van der Waals surface area contributed by atoms with Crippen molar-refractivity contribution < 1.29 is 27.1 Å². The Bertz CT molecular complexity index is 1230. The van der Waals surface area contributed by atoms with Crippen molar-refractivity contribution in [3.8, 4) is 17.4 Å². The minimum atomic E-state index is -3.74. The molecule has 3 heterocycles. The van der Waals surface area contributed by atoms with Crippen molar-refractivity contribution in [1.82, 2.24) is 14.6 Å². The molecule has 1 aromatic carbocycles. The van der Waals surface area contributed by atoms with Crippen molar-refractivity contribution in [3.63, 3.8) is 0 Å². The van der Waals surface area contributed by atoms with E-state index in [9.17, 15) is 13.2 Å². The van der Waals surface area contributed by atoms with E-state index in [1.54, 1.807) is 30.5 Å². The Hall–Kier alpha value is -3.37. The van der Waals surface area contributed by atoms with Gasteiger partial charge < -0.3 is 19.2 Å². The summed E-state index contributed by atoms with van der Waals surface area (Å²) in [4.78, 5) is 16.9. The lowest BCUT2D eigenvalue weighted by molar-refractivity contribution is 0.0917. The van der Waals surface area contributed by atoms with Crippen molar-refractivity contribution in [2.75, 3.05) is 19.7 Å². The summed E-state index contributed by atoms with van der Waals surface area (Å²) >= 11 is 0. The second kappa shape index (κ2) is 11.4. The van der Waals surface area contributed by atoms with Crippen LogP contribution in [-0.4, -0.2) is 43.3 Å². The van der Waals surface area contributed by atoms with Crippen LogP contribution in [0.5, 0.6) is 17.4 Å². The van der Waals surface area contributed by atoms with Crippen molar-refractivity contribution in [3.05, 3.63) is 66.1 Å². The van der Waals surface area contributed by atoms with E-state index in [1.807, 2.05) is 19.1 Å². The molecular formula is C25H29N3O6S. The maximum atomic E-state index is 12.8. The number of furan rings is 1. The summed E-state index contributed by atoms with van der Waals surface area (Å²) in [6.07, 6.45) is 5.17. The van der Waals surface area contributed by atoms with Gasteiger partial charge in [0.2, 0.25) is 11.0 Å². The van der Waals surface area contributed by atoms with E-state index in [-0.39, 0.29) is 17.4 Å². The average molecular weight is 500 g/mol. The first-order chi connectivity index (χ1) is 17.0. The van der Waals surface area contributed by atoms with Crippen LogP contribution in [0.4, 0.5) is 0 Å². The number of hydrogen-bond acceptors (Lipinski definition) is 7. The van der Waals surface area contributed by atoms with Crippen LogP contribution in [0.3, 0.4) is 0 Å². The number of piperidine rings is 1. The molecule has 1 aliphatic rings. The van der Waals surface area contributed by atoms with Gasteiger partial charge in [-0.3, -0.25) is 4.79 Å². The van der Waals surface area contributed by atoms with E-state index in [0.717, 1.165) is 31.4 Å². The zero-order valence-electron chi connectivity index (χ0n) is 19.6. The standard InChI is InChI=1S/C25H29N3O6S/c1-2-17-32-20-8-10-21(11-9-20)33-25-19(7-6-14-26-25)18-27-24(29)22-12-13-23(34-22)35(30,31)28-15-4-3-5-16-28/h6-14H,2-5,15-18H2,1H3,(H,27,29). The lowest BCUT2D eigenvalue weighted by Crippen LogP contribution is -2.35. The Morgan fingerprint density at radius 3 is 2.54 bits per heavy atom. The van der Waals surface area contributed by atoms with Crippen LogP contribution >= 0.6 is 0 Å². The highest BCUT2D eigenvalue weighted by Crippen LogP contribution is 2.26. The molecule has 0 atom stereocenters. The number of rotatable bonds is 10. The highest BCUT2D eigenvalue weighted by molar-refractivity contribution is 7.89. The first-order valence-electron chi connectivity index (χ1n) is 11.7. The Kier molecular flexibility index (Phi) is 8.04. The van der Waals surface area contributed by atoms with E-state index in [2.05, 4.69) is 10.3 Å². The Balaban J connectivity index is 1.38. The third kappa shape index (κ3) is 6.20. The SMILES string of the molecule is CCCOc1ccc(Oc2ncccc2CNC(=O)c2ccc(S(=O)(=O)N3CCCCC3)o2)cc1.